The topological polar surface area (TPSA) is 67.3 Å². The Labute approximate surface area is 191 Å². The van der Waals surface area contributed by atoms with Crippen LogP contribution in [0.4, 0.5) is 5.82 Å². The fourth-order valence-corrected chi connectivity index (χ4v) is 4.26. The Balaban J connectivity index is 1.21. The molecule has 1 N–H and O–H groups in total. The minimum Gasteiger partial charge on any atom is -0.486 e. The van der Waals surface area contributed by atoms with E-state index >= 15 is 0 Å². The van der Waals surface area contributed by atoms with E-state index in [2.05, 4.69) is 20.2 Å². The zero-order valence-corrected chi connectivity index (χ0v) is 18.8. The van der Waals surface area contributed by atoms with Crippen LogP contribution in [0.3, 0.4) is 0 Å². The molecule has 0 spiro atoms. The summed E-state index contributed by atoms with van der Waals surface area (Å²) in [5.74, 6) is 1.69. The number of amides is 1. The van der Waals surface area contributed by atoms with Crippen molar-refractivity contribution in [3.8, 4) is 5.75 Å². The summed E-state index contributed by atoms with van der Waals surface area (Å²) in [6, 6.07) is 11.3. The van der Waals surface area contributed by atoms with Gasteiger partial charge in [0.15, 0.2) is 0 Å². The molecule has 2 aromatic heterocycles. The van der Waals surface area contributed by atoms with Gasteiger partial charge >= 0.3 is 0 Å². The molecule has 0 bridgehead atoms. The molecule has 4 rings (SSSR count). The van der Waals surface area contributed by atoms with Crippen molar-refractivity contribution in [2.45, 2.75) is 38.8 Å². The lowest BCUT2D eigenvalue weighted by Gasteiger charge is -2.27. The van der Waals surface area contributed by atoms with Gasteiger partial charge < -0.3 is 15.0 Å². The summed E-state index contributed by atoms with van der Waals surface area (Å²) < 4.78 is 5.70. The fraction of sp³-hybridized carbons (Fsp3) is 0.348. The zero-order chi connectivity index (χ0) is 21.5. The summed E-state index contributed by atoms with van der Waals surface area (Å²) in [7, 11) is 0. The summed E-state index contributed by atoms with van der Waals surface area (Å²) in [4.78, 5) is 23.7. The van der Waals surface area contributed by atoms with E-state index in [9.17, 15) is 4.79 Å². The molecule has 3 heterocycles. The first-order valence-electron chi connectivity index (χ1n) is 10.4. The van der Waals surface area contributed by atoms with Gasteiger partial charge in [-0.2, -0.15) is 0 Å². The molecule has 0 unspecified atom stereocenters. The lowest BCUT2D eigenvalue weighted by molar-refractivity contribution is -0.120. The van der Waals surface area contributed by atoms with Gasteiger partial charge in [-0.05, 0) is 55.2 Å². The van der Waals surface area contributed by atoms with Crippen LogP contribution in [0.2, 0.25) is 5.02 Å². The lowest BCUT2D eigenvalue weighted by Crippen LogP contribution is -2.30. The average Bonchev–Trinajstić information content (AvgIpc) is 3.25. The van der Waals surface area contributed by atoms with E-state index in [1.165, 1.54) is 30.6 Å². The molecular formula is C23H25ClN4O2S. The predicted molar refractivity (Wildman–Crippen MR) is 124 cm³/mol. The number of hydrogen-bond donors (Lipinski definition) is 1. The van der Waals surface area contributed by atoms with Crippen molar-refractivity contribution in [3.63, 3.8) is 0 Å². The van der Waals surface area contributed by atoms with Gasteiger partial charge in [0.25, 0.3) is 0 Å². The number of halogens is 1. The molecular weight excluding hydrogens is 432 g/mol. The number of nitrogens with zero attached hydrogens (tertiary/aromatic N) is 3. The van der Waals surface area contributed by atoms with Crippen molar-refractivity contribution in [2.24, 2.45) is 0 Å². The highest BCUT2D eigenvalue weighted by atomic mass is 35.5. The molecule has 1 aromatic carbocycles. The van der Waals surface area contributed by atoms with Crippen LogP contribution in [0.5, 0.6) is 5.75 Å². The summed E-state index contributed by atoms with van der Waals surface area (Å²) in [6.45, 7) is 2.97. The number of carbonyl (C=O) groups excluding carboxylic acids is 1. The standard InChI is InChI=1S/C23H25ClN4O2S/c24-18-5-7-20(8-6-18)30-15-23-27-19(16-31-23)12-22(29)26-14-17-4-9-21(25-13-17)28-10-2-1-3-11-28/h4-9,13,16H,1-3,10-12,14-15H2,(H,26,29). The van der Waals surface area contributed by atoms with Crippen LogP contribution in [-0.2, 0) is 24.4 Å². The van der Waals surface area contributed by atoms with E-state index in [1.807, 2.05) is 35.8 Å². The van der Waals surface area contributed by atoms with Gasteiger partial charge in [0, 0.05) is 36.2 Å². The van der Waals surface area contributed by atoms with Gasteiger partial charge in [0.05, 0.1) is 12.1 Å². The van der Waals surface area contributed by atoms with E-state index in [-0.39, 0.29) is 12.3 Å². The van der Waals surface area contributed by atoms with Crippen molar-refractivity contribution in [1.82, 2.24) is 15.3 Å². The first-order chi connectivity index (χ1) is 15.2. The molecule has 6 nitrogen and oxygen atoms in total. The Morgan fingerprint density at radius 1 is 1.13 bits per heavy atom. The number of rotatable bonds is 8. The maximum atomic E-state index is 12.3. The van der Waals surface area contributed by atoms with Crippen molar-refractivity contribution >= 4 is 34.7 Å². The fourth-order valence-electron chi connectivity index (χ4n) is 3.43. The summed E-state index contributed by atoms with van der Waals surface area (Å²) in [5.41, 5.74) is 1.74. The van der Waals surface area contributed by atoms with Gasteiger partial charge in [-0.15, -0.1) is 11.3 Å². The van der Waals surface area contributed by atoms with E-state index in [0.29, 0.717) is 18.2 Å². The van der Waals surface area contributed by atoms with Crippen LogP contribution in [0.25, 0.3) is 0 Å². The van der Waals surface area contributed by atoms with Crippen LogP contribution in [0.1, 0.15) is 35.5 Å². The number of benzene rings is 1. The molecule has 1 saturated heterocycles. The third-order valence-electron chi connectivity index (χ3n) is 5.10. The quantitative estimate of drug-likeness (QED) is 0.535. The third-order valence-corrected chi connectivity index (χ3v) is 6.22. The molecule has 1 aliphatic heterocycles. The highest BCUT2D eigenvalue weighted by molar-refractivity contribution is 7.09. The van der Waals surface area contributed by atoms with E-state index in [0.717, 1.165) is 40.9 Å². The molecule has 0 atom stereocenters. The number of hydrogen-bond acceptors (Lipinski definition) is 6. The first-order valence-corrected chi connectivity index (χ1v) is 11.7. The molecule has 3 aromatic rings. The van der Waals surface area contributed by atoms with Gasteiger partial charge in [-0.3, -0.25) is 4.79 Å². The summed E-state index contributed by atoms with van der Waals surface area (Å²) in [5, 5.41) is 6.34. The number of pyridine rings is 1. The molecule has 0 saturated carbocycles. The summed E-state index contributed by atoms with van der Waals surface area (Å²) >= 11 is 7.36. The van der Waals surface area contributed by atoms with Crippen molar-refractivity contribution < 1.29 is 9.53 Å². The van der Waals surface area contributed by atoms with E-state index in [4.69, 9.17) is 16.3 Å². The average molecular weight is 457 g/mol. The van der Waals surface area contributed by atoms with Gasteiger partial charge in [0.2, 0.25) is 5.91 Å². The van der Waals surface area contributed by atoms with Crippen LogP contribution in [-0.4, -0.2) is 29.0 Å². The lowest BCUT2D eigenvalue weighted by atomic mass is 10.1. The number of thiazole rings is 1. The van der Waals surface area contributed by atoms with E-state index in [1.54, 1.807) is 12.1 Å². The highest BCUT2D eigenvalue weighted by Crippen LogP contribution is 2.19. The van der Waals surface area contributed by atoms with Crippen LogP contribution in [0.15, 0.2) is 48.0 Å². The maximum Gasteiger partial charge on any atom is 0.226 e. The summed E-state index contributed by atoms with van der Waals surface area (Å²) in [6.07, 6.45) is 5.85. The Morgan fingerprint density at radius 3 is 2.68 bits per heavy atom. The smallest absolute Gasteiger partial charge is 0.226 e. The molecule has 0 aliphatic carbocycles. The van der Waals surface area contributed by atoms with Crippen molar-refractivity contribution in [2.75, 3.05) is 18.0 Å². The normalized spacial score (nSPS) is 13.8. The number of nitrogens with one attached hydrogen (secondary N) is 1. The van der Waals surface area contributed by atoms with Gasteiger partial charge in [0.1, 0.15) is 23.2 Å². The molecule has 162 valence electrons. The van der Waals surface area contributed by atoms with Gasteiger partial charge in [-0.25, -0.2) is 9.97 Å². The van der Waals surface area contributed by atoms with E-state index < -0.39 is 0 Å². The molecule has 1 aliphatic rings. The minimum absolute atomic E-state index is 0.0597. The Bertz CT molecular complexity index is 986. The highest BCUT2D eigenvalue weighted by Gasteiger charge is 2.12. The van der Waals surface area contributed by atoms with Crippen molar-refractivity contribution in [3.05, 3.63) is 69.3 Å². The van der Waals surface area contributed by atoms with Crippen LogP contribution in [0, 0.1) is 0 Å². The predicted octanol–water partition coefficient (Wildman–Crippen LogP) is 4.62. The van der Waals surface area contributed by atoms with Crippen molar-refractivity contribution in [1.29, 1.82) is 0 Å². The molecule has 0 radical (unpaired) electrons. The molecule has 1 amide bonds. The monoisotopic (exact) mass is 456 g/mol. The minimum atomic E-state index is -0.0597. The van der Waals surface area contributed by atoms with Crippen LogP contribution < -0.4 is 15.0 Å². The Morgan fingerprint density at radius 2 is 1.94 bits per heavy atom. The number of carbonyl (C=O) groups is 1. The second kappa shape index (κ2) is 10.6. The van der Waals surface area contributed by atoms with Gasteiger partial charge in [-0.1, -0.05) is 17.7 Å². The number of piperidine rings is 1. The number of ether oxygens (including phenoxy) is 1. The Hall–Kier alpha value is -2.64. The second-order valence-electron chi connectivity index (χ2n) is 7.50. The molecule has 31 heavy (non-hydrogen) atoms. The second-order valence-corrected chi connectivity index (χ2v) is 8.88. The SMILES string of the molecule is O=C(Cc1csc(COc2ccc(Cl)cc2)n1)NCc1ccc(N2CCCCC2)nc1. The Kier molecular flexibility index (Phi) is 7.38. The molecule has 1 fully saturated rings. The van der Waals surface area contributed by atoms with Crippen LogP contribution >= 0.6 is 22.9 Å². The number of aromatic nitrogens is 2. The maximum absolute atomic E-state index is 12.3. The molecule has 8 heteroatoms. The first kappa shape index (κ1) is 21.6. The third kappa shape index (κ3) is 6.42. The number of anilines is 1. The largest absolute Gasteiger partial charge is 0.486 e. The zero-order valence-electron chi connectivity index (χ0n) is 17.2.